The van der Waals surface area contributed by atoms with Crippen LogP contribution in [0.3, 0.4) is 0 Å². The lowest BCUT2D eigenvalue weighted by atomic mass is 10.1. The molecule has 144 valence electrons. The maximum atomic E-state index is 12.2. The van der Waals surface area contributed by atoms with E-state index in [0.29, 0.717) is 22.3 Å². The lowest BCUT2D eigenvalue weighted by Gasteiger charge is -2.06. The number of rotatable bonds is 7. The van der Waals surface area contributed by atoms with Crippen LogP contribution in [0.15, 0.2) is 58.5 Å². The van der Waals surface area contributed by atoms with Crippen LogP contribution in [-0.2, 0) is 17.6 Å². The van der Waals surface area contributed by atoms with Crippen LogP contribution in [0.4, 0.5) is 5.69 Å². The molecular formula is C20H19ClN4O2S. The van der Waals surface area contributed by atoms with Crippen molar-refractivity contribution in [3.63, 3.8) is 0 Å². The van der Waals surface area contributed by atoms with Crippen molar-refractivity contribution >= 4 is 35.0 Å². The number of nitrogens with zero attached hydrogens (tertiary/aromatic N) is 2. The summed E-state index contributed by atoms with van der Waals surface area (Å²) in [6.07, 6.45) is 1.26. The van der Waals surface area contributed by atoms with E-state index in [9.17, 15) is 9.59 Å². The molecule has 0 spiro atoms. The lowest BCUT2D eigenvalue weighted by Crippen LogP contribution is -2.19. The largest absolute Gasteiger partial charge is 0.325 e. The summed E-state index contributed by atoms with van der Waals surface area (Å²) >= 11 is 6.99. The smallest absolute Gasteiger partial charge is 0.273 e. The molecule has 0 saturated carbocycles. The number of anilines is 1. The first-order chi connectivity index (χ1) is 13.5. The third-order valence-electron chi connectivity index (χ3n) is 3.99. The van der Waals surface area contributed by atoms with Crippen molar-refractivity contribution in [3.8, 4) is 0 Å². The van der Waals surface area contributed by atoms with Crippen molar-refractivity contribution in [2.24, 2.45) is 0 Å². The summed E-state index contributed by atoms with van der Waals surface area (Å²) < 4.78 is 0. The van der Waals surface area contributed by atoms with E-state index in [1.54, 1.807) is 12.1 Å². The highest BCUT2D eigenvalue weighted by atomic mass is 35.5. The maximum absolute atomic E-state index is 12.2. The summed E-state index contributed by atoms with van der Waals surface area (Å²) in [5, 5.41) is 11.8. The van der Waals surface area contributed by atoms with Gasteiger partial charge in [0.1, 0.15) is 5.69 Å². The number of aromatic amines is 1. The molecule has 0 bridgehead atoms. The fourth-order valence-corrected chi connectivity index (χ4v) is 3.25. The number of benzene rings is 2. The first-order valence-electron chi connectivity index (χ1n) is 8.75. The zero-order valence-corrected chi connectivity index (χ0v) is 16.8. The van der Waals surface area contributed by atoms with E-state index >= 15 is 0 Å². The maximum Gasteiger partial charge on any atom is 0.273 e. The van der Waals surface area contributed by atoms with Crippen LogP contribution in [0.1, 0.15) is 23.7 Å². The van der Waals surface area contributed by atoms with Crippen molar-refractivity contribution in [1.82, 2.24) is 15.2 Å². The SMILES string of the molecule is CCc1cccc(NC(=O)CSc2nnc(Cc3ccc(Cl)cc3)c(=O)[nH]2)c1. The van der Waals surface area contributed by atoms with E-state index in [2.05, 4.69) is 27.4 Å². The Kier molecular flexibility index (Phi) is 6.84. The Labute approximate surface area is 171 Å². The number of amides is 1. The van der Waals surface area contributed by atoms with Gasteiger partial charge in [0.05, 0.1) is 5.75 Å². The van der Waals surface area contributed by atoms with Crippen molar-refractivity contribution in [1.29, 1.82) is 0 Å². The highest BCUT2D eigenvalue weighted by Crippen LogP contribution is 2.15. The molecule has 0 aliphatic heterocycles. The Balaban J connectivity index is 1.57. The van der Waals surface area contributed by atoms with Crippen molar-refractivity contribution in [3.05, 3.63) is 80.7 Å². The number of hydrogen-bond donors (Lipinski definition) is 2. The monoisotopic (exact) mass is 414 g/mol. The second-order valence-corrected chi connectivity index (χ2v) is 7.50. The van der Waals surface area contributed by atoms with Crippen LogP contribution in [0.2, 0.25) is 5.02 Å². The fraction of sp³-hybridized carbons (Fsp3) is 0.200. The Morgan fingerprint density at radius 2 is 1.93 bits per heavy atom. The van der Waals surface area contributed by atoms with E-state index in [4.69, 9.17) is 11.6 Å². The summed E-state index contributed by atoms with van der Waals surface area (Å²) in [5.41, 5.74) is 2.81. The number of hydrogen-bond acceptors (Lipinski definition) is 5. The number of H-pyrrole nitrogens is 1. The Morgan fingerprint density at radius 1 is 1.14 bits per heavy atom. The van der Waals surface area contributed by atoms with E-state index in [-0.39, 0.29) is 17.2 Å². The first kappa shape index (κ1) is 20.1. The number of aryl methyl sites for hydroxylation is 1. The average molecular weight is 415 g/mol. The molecule has 1 aromatic heterocycles. The summed E-state index contributed by atoms with van der Waals surface area (Å²) in [6.45, 7) is 2.06. The van der Waals surface area contributed by atoms with Gasteiger partial charge in [0.25, 0.3) is 5.56 Å². The standard InChI is InChI=1S/C20H19ClN4O2S/c1-2-13-4-3-5-16(10-13)22-18(26)12-28-20-23-19(27)17(24-25-20)11-14-6-8-15(21)9-7-14/h3-10H,2,11-12H2,1H3,(H,22,26)(H,23,25,27). The summed E-state index contributed by atoms with van der Waals surface area (Å²) in [6, 6.07) is 14.9. The lowest BCUT2D eigenvalue weighted by molar-refractivity contribution is -0.113. The van der Waals surface area contributed by atoms with Crippen LogP contribution in [-0.4, -0.2) is 26.8 Å². The Morgan fingerprint density at radius 3 is 2.64 bits per heavy atom. The van der Waals surface area contributed by atoms with Gasteiger partial charge in [-0.25, -0.2) is 0 Å². The number of nitrogens with one attached hydrogen (secondary N) is 2. The minimum absolute atomic E-state index is 0.123. The molecule has 0 fully saturated rings. The molecule has 0 saturated heterocycles. The van der Waals surface area contributed by atoms with Crippen LogP contribution in [0.25, 0.3) is 0 Å². The van der Waals surface area contributed by atoms with Gasteiger partial charge in [0.15, 0.2) is 5.16 Å². The second kappa shape index (κ2) is 9.52. The molecule has 1 heterocycles. The van der Waals surface area contributed by atoms with Gasteiger partial charge in [-0.1, -0.05) is 54.6 Å². The number of carbonyl (C=O) groups excluding carboxylic acids is 1. The van der Waals surface area contributed by atoms with Gasteiger partial charge in [0, 0.05) is 17.1 Å². The van der Waals surface area contributed by atoms with E-state index in [1.165, 1.54) is 0 Å². The van der Waals surface area contributed by atoms with E-state index < -0.39 is 0 Å². The molecule has 2 aromatic carbocycles. The topological polar surface area (TPSA) is 87.7 Å². The molecule has 0 radical (unpaired) electrons. The number of halogens is 1. The number of carbonyl (C=O) groups is 1. The molecule has 0 aliphatic rings. The number of thioether (sulfide) groups is 1. The first-order valence-corrected chi connectivity index (χ1v) is 10.1. The van der Waals surface area contributed by atoms with Gasteiger partial charge in [-0.2, -0.15) is 0 Å². The molecule has 3 aromatic rings. The third kappa shape index (κ3) is 5.68. The van der Waals surface area contributed by atoms with Crippen molar-refractivity contribution in [2.75, 3.05) is 11.1 Å². The van der Waals surface area contributed by atoms with Gasteiger partial charge in [0.2, 0.25) is 5.91 Å². The summed E-state index contributed by atoms with van der Waals surface area (Å²) in [4.78, 5) is 27.0. The molecule has 0 unspecified atom stereocenters. The molecule has 3 rings (SSSR count). The van der Waals surface area contributed by atoms with Crippen molar-refractivity contribution < 1.29 is 4.79 Å². The molecule has 1 amide bonds. The molecule has 2 N–H and O–H groups in total. The van der Waals surface area contributed by atoms with E-state index in [1.807, 2.05) is 36.4 Å². The molecule has 0 atom stereocenters. The van der Waals surface area contributed by atoms with Crippen LogP contribution >= 0.6 is 23.4 Å². The molecule has 8 heteroatoms. The van der Waals surface area contributed by atoms with Crippen molar-refractivity contribution in [2.45, 2.75) is 24.9 Å². The zero-order chi connectivity index (χ0) is 19.9. The Hall–Kier alpha value is -2.64. The highest BCUT2D eigenvalue weighted by Gasteiger charge is 2.09. The van der Waals surface area contributed by atoms with Gasteiger partial charge in [-0.15, -0.1) is 10.2 Å². The quantitative estimate of drug-likeness (QED) is 0.575. The summed E-state index contributed by atoms with van der Waals surface area (Å²) in [5.74, 6) is -0.0523. The van der Waals surface area contributed by atoms with E-state index in [0.717, 1.165) is 35.0 Å². The summed E-state index contributed by atoms with van der Waals surface area (Å²) in [7, 11) is 0. The Bertz CT molecular complexity index is 1020. The molecular weight excluding hydrogens is 396 g/mol. The minimum Gasteiger partial charge on any atom is -0.325 e. The van der Waals surface area contributed by atoms with Gasteiger partial charge in [-0.3, -0.25) is 14.6 Å². The fourth-order valence-electron chi connectivity index (χ4n) is 2.52. The predicted molar refractivity (Wildman–Crippen MR) is 112 cm³/mol. The van der Waals surface area contributed by atoms with Gasteiger partial charge >= 0.3 is 0 Å². The van der Waals surface area contributed by atoms with Crippen LogP contribution in [0.5, 0.6) is 0 Å². The van der Waals surface area contributed by atoms with Gasteiger partial charge < -0.3 is 5.32 Å². The van der Waals surface area contributed by atoms with Gasteiger partial charge in [-0.05, 0) is 41.8 Å². The van der Waals surface area contributed by atoms with Crippen LogP contribution < -0.4 is 10.9 Å². The minimum atomic E-state index is -0.316. The zero-order valence-electron chi connectivity index (χ0n) is 15.2. The predicted octanol–water partition coefficient (Wildman–Crippen LogP) is 3.70. The highest BCUT2D eigenvalue weighted by molar-refractivity contribution is 7.99. The molecule has 6 nitrogen and oxygen atoms in total. The normalized spacial score (nSPS) is 10.6. The average Bonchev–Trinajstić information content (AvgIpc) is 2.70. The third-order valence-corrected chi connectivity index (χ3v) is 5.10. The second-order valence-electron chi connectivity index (χ2n) is 6.10. The number of aromatic nitrogens is 3. The molecule has 0 aliphatic carbocycles. The van der Waals surface area contributed by atoms with Crippen LogP contribution in [0, 0.1) is 0 Å². The molecule has 28 heavy (non-hydrogen) atoms.